The second-order valence-corrected chi connectivity index (χ2v) is 14.0. The molecule has 3 aliphatic rings. The Hall–Kier alpha value is -1.25. The van der Waals surface area contributed by atoms with Crippen molar-refractivity contribution in [3.05, 3.63) is 28.8 Å². The summed E-state index contributed by atoms with van der Waals surface area (Å²) in [5, 5.41) is 12.0. The van der Waals surface area contributed by atoms with Crippen LogP contribution in [0.1, 0.15) is 10.4 Å². The molecule has 1 aromatic rings. The highest BCUT2D eigenvalue weighted by molar-refractivity contribution is 7.92. The van der Waals surface area contributed by atoms with Gasteiger partial charge in [0.2, 0.25) is 10.0 Å². The third kappa shape index (κ3) is 3.57. The average Bonchev–Trinajstić information content (AvgIpc) is 3.03. The summed E-state index contributed by atoms with van der Waals surface area (Å²) >= 11 is 6.05. The number of aromatic carboxylic acids is 1. The van der Waals surface area contributed by atoms with Gasteiger partial charge in [-0.05, 0) is 18.2 Å². The second-order valence-electron chi connectivity index (χ2n) is 7.45. The van der Waals surface area contributed by atoms with E-state index in [1.165, 1.54) is 0 Å². The highest BCUT2D eigenvalue weighted by atomic mass is 35.5. The molecule has 0 radical (unpaired) electrons. The lowest BCUT2D eigenvalue weighted by atomic mass is 10.0. The molecule has 0 amide bonds. The molecule has 0 aliphatic carbocycles. The SMILES string of the molecule is O=C(O)c1ccc(Cl)c(S(=O)(=O)N2[C@@H]3CS(=O)(=O)C[C@@H]3N[C@H]3CS(=O)(=O)C[C@@H]32)c1. The first kappa shape index (κ1) is 21.0. The van der Waals surface area contributed by atoms with Gasteiger partial charge in [0.1, 0.15) is 4.90 Å². The Bertz CT molecular complexity index is 1160. The van der Waals surface area contributed by atoms with Gasteiger partial charge in [-0.1, -0.05) is 11.6 Å². The van der Waals surface area contributed by atoms with Crippen LogP contribution in [0.15, 0.2) is 23.1 Å². The number of hydrogen-bond acceptors (Lipinski definition) is 8. The van der Waals surface area contributed by atoms with E-state index < -0.39 is 76.2 Å². The minimum absolute atomic E-state index is 0.233. The lowest BCUT2D eigenvalue weighted by molar-refractivity contribution is 0.0696. The number of rotatable bonds is 3. The van der Waals surface area contributed by atoms with E-state index in [1.807, 2.05) is 0 Å². The molecule has 0 unspecified atom stereocenters. The molecule has 29 heavy (non-hydrogen) atoms. The molecule has 0 aromatic heterocycles. The van der Waals surface area contributed by atoms with Crippen molar-refractivity contribution in [3.63, 3.8) is 0 Å². The van der Waals surface area contributed by atoms with Crippen LogP contribution in [0.2, 0.25) is 5.02 Å². The van der Waals surface area contributed by atoms with E-state index in [2.05, 4.69) is 5.32 Å². The van der Waals surface area contributed by atoms with E-state index in [1.54, 1.807) is 0 Å². The first-order valence-electron chi connectivity index (χ1n) is 8.54. The molecule has 14 heteroatoms. The van der Waals surface area contributed by atoms with Gasteiger partial charge in [0, 0.05) is 12.1 Å². The Balaban J connectivity index is 1.87. The predicted octanol–water partition coefficient (Wildman–Crippen LogP) is -1.04. The summed E-state index contributed by atoms with van der Waals surface area (Å²) in [6.45, 7) is 0. The maximum atomic E-state index is 13.5. The number of piperazine rings is 1. The van der Waals surface area contributed by atoms with Gasteiger partial charge < -0.3 is 10.4 Å². The highest BCUT2D eigenvalue weighted by Gasteiger charge is 2.57. The van der Waals surface area contributed by atoms with Crippen LogP contribution in [0.25, 0.3) is 0 Å². The summed E-state index contributed by atoms with van der Waals surface area (Å²) in [5.74, 6) is -2.89. The molecule has 0 saturated carbocycles. The van der Waals surface area contributed by atoms with Crippen molar-refractivity contribution in [3.8, 4) is 0 Å². The van der Waals surface area contributed by atoms with Gasteiger partial charge in [0.15, 0.2) is 19.7 Å². The van der Waals surface area contributed by atoms with Crippen LogP contribution in [0, 0.1) is 0 Å². The zero-order chi connectivity index (χ0) is 21.4. The van der Waals surface area contributed by atoms with Crippen LogP contribution in [0.4, 0.5) is 0 Å². The Labute approximate surface area is 172 Å². The minimum atomic E-state index is -4.49. The number of nitrogens with one attached hydrogen (secondary N) is 1. The van der Waals surface area contributed by atoms with Crippen molar-refractivity contribution in [2.75, 3.05) is 23.0 Å². The average molecular weight is 485 g/mol. The number of carboxylic acids is 1. The molecule has 0 spiro atoms. The minimum Gasteiger partial charge on any atom is -0.478 e. The number of sulfonamides is 1. The second kappa shape index (κ2) is 6.62. The topological polar surface area (TPSA) is 155 Å². The molecule has 0 bridgehead atoms. The molecule has 3 aliphatic heterocycles. The maximum absolute atomic E-state index is 13.5. The Morgan fingerprint density at radius 3 is 2.03 bits per heavy atom. The van der Waals surface area contributed by atoms with Crippen LogP contribution < -0.4 is 5.32 Å². The number of halogens is 1. The lowest BCUT2D eigenvalue weighted by Crippen LogP contribution is -2.67. The van der Waals surface area contributed by atoms with Crippen molar-refractivity contribution in [1.29, 1.82) is 0 Å². The molecule has 2 N–H and O–H groups in total. The zero-order valence-corrected chi connectivity index (χ0v) is 17.9. The standard InChI is InChI=1S/C15H17ClN2O8S3/c16-9-2-1-8(15(19)20)3-14(9)29(25,26)18-12-6-27(21,22)4-10(12)17-11-5-28(23,24)7-13(11)18/h1-3,10-13,17H,4-7H2,(H,19,20)/t10-,11-,12-,13+/m0/s1. The number of carboxylic acid groups (broad SMARTS) is 1. The summed E-state index contributed by atoms with van der Waals surface area (Å²) in [4.78, 5) is 10.8. The van der Waals surface area contributed by atoms with Crippen LogP contribution in [-0.2, 0) is 29.7 Å². The summed E-state index contributed by atoms with van der Waals surface area (Å²) in [6.07, 6.45) is 0. The van der Waals surface area contributed by atoms with Gasteiger partial charge >= 0.3 is 5.97 Å². The summed E-state index contributed by atoms with van der Waals surface area (Å²) < 4.78 is 76.7. The van der Waals surface area contributed by atoms with Gasteiger partial charge in [0.05, 0.1) is 45.7 Å². The molecule has 4 atom stereocenters. The predicted molar refractivity (Wildman–Crippen MR) is 103 cm³/mol. The molecule has 3 heterocycles. The number of sulfone groups is 2. The number of carbonyl (C=O) groups is 1. The summed E-state index contributed by atoms with van der Waals surface area (Å²) in [6, 6.07) is -0.359. The van der Waals surface area contributed by atoms with Crippen LogP contribution in [-0.4, -0.2) is 87.8 Å². The molecule has 1 aromatic carbocycles. The van der Waals surface area contributed by atoms with Crippen LogP contribution in [0.5, 0.6) is 0 Å². The van der Waals surface area contributed by atoms with Crippen LogP contribution >= 0.6 is 11.6 Å². The van der Waals surface area contributed by atoms with Crippen molar-refractivity contribution in [2.24, 2.45) is 0 Å². The number of fused-ring (bicyclic) bond motifs is 2. The molecule has 3 fully saturated rings. The van der Waals surface area contributed by atoms with Gasteiger partial charge in [-0.25, -0.2) is 30.0 Å². The highest BCUT2D eigenvalue weighted by Crippen LogP contribution is 2.37. The molecule has 3 saturated heterocycles. The van der Waals surface area contributed by atoms with E-state index in [0.717, 1.165) is 22.5 Å². The van der Waals surface area contributed by atoms with Crippen molar-refractivity contribution >= 4 is 47.3 Å². The van der Waals surface area contributed by atoms with Gasteiger partial charge in [-0.15, -0.1) is 0 Å². The Morgan fingerprint density at radius 1 is 1.03 bits per heavy atom. The Kier molecular flexibility index (Phi) is 4.80. The smallest absolute Gasteiger partial charge is 0.335 e. The third-order valence-corrected chi connectivity index (χ3v) is 11.3. The zero-order valence-electron chi connectivity index (χ0n) is 14.7. The number of nitrogens with zero attached hydrogens (tertiary/aromatic N) is 1. The monoisotopic (exact) mass is 484 g/mol. The van der Waals surface area contributed by atoms with E-state index in [-0.39, 0.29) is 22.1 Å². The van der Waals surface area contributed by atoms with E-state index >= 15 is 0 Å². The molecule has 160 valence electrons. The van der Waals surface area contributed by atoms with Gasteiger partial charge in [0.25, 0.3) is 0 Å². The number of benzene rings is 1. The Morgan fingerprint density at radius 2 is 1.55 bits per heavy atom. The van der Waals surface area contributed by atoms with Crippen molar-refractivity contribution in [1.82, 2.24) is 9.62 Å². The van der Waals surface area contributed by atoms with Crippen LogP contribution in [0.3, 0.4) is 0 Å². The van der Waals surface area contributed by atoms with Crippen molar-refractivity contribution in [2.45, 2.75) is 29.1 Å². The summed E-state index contributed by atoms with van der Waals surface area (Å²) in [5.41, 5.74) is -0.311. The lowest BCUT2D eigenvalue weighted by Gasteiger charge is -2.43. The first-order valence-corrected chi connectivity index (χ1v) is 14.0. The van der Waals surface area contributed by atoms with E-state index in [9.17, 15) is 35.2 Å². The third-order valence-electron chi connectivity index (χ3n) is 5.46. The molecular weight excluding hydrogens is 468 g/mol. The molecule has 10 nitrogen and oxygen atoms in total. The largest absolute Gasteiger partial charge is 0.478 e. The summed E-state index contributed by atoms with van der Waals surface area (Å²) in [7, 11) is -11.6. The fourth-order valence-electron chi connectivity index (χ4n) is 4.30. The fraction of sp³-hybridized carbons (Fsp3) is 0.533. The molecular formula is C15H17ClN2O8S3. The normalized spacial score (nSPS) is 33.1. The fourth-order valence-corrected chi connectivity index (χ4v) is 10.7. The van der Waals surface area contributed by atoms with Gasteiger partial charge in [-0.3, -0.25) is 0 Å². The van der Waals surface area contributed by atoms with E-state index in [4.69, 9.17) is 11.6 Å². The maximum Gasteiger partial charge on any atom is 0.335 e. The van der Waals surface area contributed by atoms with E-state index in [0.29, 0.717) is 0 Å². The van der Waals surface area contributed by atoms with Crippen molar-refractivity contribution < 1.29 is 35.2 Å². The quantitative estimate of drug-likeness (QED) is 0.547. The van der Waals surface area contributed by atoms with Gasteiger partial charge in [-0.2, -0.15) is 4.31 Å². The molecule has 4 rings (SSSR count). The first-order chi connectivity index (χ1) is 13.3. The number of hydrogen-bond donors (Lipinski definition) is 2.